The van der Waals surface area contributed by atoms with E-state index in [0.717, 1.165) is 20.1 Å². The number of aliphatic carboxylic acids is 1. The summed E-state index contributed by atoms with van der Waals surface area (Å²) in [5, 5.41) is 8.89. The molecule has 0 aromatic heterocycles. The summed E-state index contributed by atoms with van der Waals surface area (Å²) in [6, 6.07) is 0. The summed E-state index contributed by atoms with van der Waals surface area (Å²) >= 11 is 0. The van der Waals surface area contributed by atoms with Crippen molar-refractivity contribution < 1.29 is 19.5 Å². The number of carbonyl (C=O) groups is 1. The highest BCUT2D eigenvalue weighted by molar-refractivity contribution is 5.60. The Balaban J connectivity index is 0.00000165. The van der Waals surface area contributed by atoms with E-state index in [9.17, 15) is 0 Å². The molecule has 1 fully saturated rings. The highest BCUT2D eigenvalue weighted by atomic mass is 16.5. The number of carboxylic acids is 1. The molecule has 4 heteroatoms. The van der Waals surface area contributed by atoms with Gasteiger partial charge in [-0.25, -0.2) is 0 Å². The van der Waals surface area contributed by atoms with Crippen LogP contribution >= 0.6 is 0 Å². The van der Waals surface area contributed by atoms with E-state index in [-0.39, 0.29) is 0 Å². The number of morpholine rings is 1. The summed E-state index contributed by atoms with van der Waals surface area (Å²) < 4.78 is 5.41. The largest absolute Gasteiger partial charge is 0.550 e. The van der Waals surface area contributed by atoms with Crippen molar-refractivity contribution in [3.8, 4) is 0 Å². The monoisotopic (exact) mass is 397 g/mol. The van der Waals surface area contributed by atoms with Gasteiger partial charge >= 0.3 is 0 Å². The van der Waals surface area contributed by atoms with Gasteiger partial charge in [0, 0.05) is 5.97 Å². The maximum atomic E-state index is 8.89. The number of ether oxygens (including phenoxy) is 1. The molecule has 1 aliphatic rings. The molecule has 0 spiro atoms. The second kappa shape index (κ2) is 22.4. The number of hydrogen-bond acceptors (Lipinski definition) is 3. The lowest BCUT2D eigenvalue weighted by molar-refractivity contribution is -0.908. The molecule has 28 heavy (non-hydrogen) atoms. The number of carbonyl (C=O) groups excluding carboxylic acids is 1. The third-order valence-electron chi connectivity index (χ3n) is 5.24. The number of carboxylic acid groups (broad SMARTS) is 1. The third kappa shape index (κ3) is 23.2. The molecule has 0 aliphatic carbocycles. The van der Waals surface area contributed by atoms with E-state index in [2.05, 4.69) is 19.1 Å². The minimum atomic E-state index is -1.08. The molecule has 0 aromatic carbocycles. The van der Waals surface area contributed by atoms with Crippen LogP contribution in [0.15, 0.2) is 12.2 Å². The first kappa shape index (κ1) is 27.1. The zero-order valence-corrected chi connectivity index (χ0v) is 18.8. The van der Waals surface area contributed by atoms with Crippen LogP contribution < -0.4 is 10.0 Å². The number of rotatable bonds is 16. The SMILES string of the molecule is CC(=O)[O-].CCCCCCCCC=CCCCCCCCC[NH+]1CCOCC1. The maximum absolute atomic E-state index is 8.89. The van der Waals surface area contributed by atoms with Crippen LogP contribution in [0.2, 0.25) is 0 Å². The summed E-state index contributed by atoms with van der Waals surface area (Å²) in [7, 11) is 0. The molecule has 4 nitrogen and oxygen atoms in total. The van der Waals surface area contributed by atoms with Crippen molar-refractivity contribution in [2.24, 2.45) is 0 Å². The Kier molecular flexibility index (Phi) is 21.7. The molecular formula is C24H47NO3. The summed E-state index contributed by atoms with van der Waals surface area (Å²) in [6.07, 6.45) is 24.4. The van der Waals surface area contributed by atoms with Crippen molar-refractivity contribution >= 4 is 5.97 Å². The van der Waals surface area contributed by atoms with Crippen LogP contribution in [0, 0.1) is 0 Å². The molecule has 166 valence electrons. The first-order chi connectivity index (χ1) is 13.7. The van der Waals surface area contributed by atoms with Gasteiger partial charge in [0.05, 0.1) is 19.8 Å². The van der Waals surface area contributed by atoms with E-state index >= 15 is 0 Å². The average molecular weight is 398 g/mol. The number of quaternary nitrogens is 1. The van der Waals surface area contributed by atoms with E-state index in [1.807, 2.05) is 0 Å². The van der Waals surface area contributed by atoms with Crippen molar-refractivity contribution in [1.82, 2.24) is 0 Å². The third-order valence-corrected chi connectivity index (χ3v) is 5.24. The Bertz CT molecular complexity index is 348. The second-order valence-electron chi connectivity index (χ2n) is 8.04. The summed E-state index contributed by atoms with van der Waals surface area (Å²) in [5.74, 6) is -1.08. The molecule has 0 aromatic rings. The minimum absolute atomic E-state index is 0.972. The highest BCUT2D eigenvalue weighted by Gasteiger charge is 2.12. The van der Waals surface area contributed by atoms with Gasteiger partial charge in [-0.2, -0.15) is 0 Å². The molecule has 1 saturated heterocycles. The molecule has 0 amide bonds. The van der Waals surface area contributed by atoms with Gasteiger partial charge in [0.25, 0.3) is 0 Å². The lowest BCUT2D eigenvalue weighted by Crippen LogP contribution is -3.14. The lowest BCUT2D eigenvalue weighted by Gasteiger charge is -2.23. The van der Waals surface area contributed by atoms with Gasteiger partial charge in [-0.15, -0.1) is 0 Å². The first-order valence-electron chi connectivity index (χ1n) is 11.9. The van der Waals surface area contributed by atoms with E-state index in [4.69, 9.17) is 14.6 Å². The smallest absolute Gasteiger partial charge is 0.101 e. The molecule has 0 radical (unpaired) electrons. The number of unbranched alkanes of at least 4 members (excludes halogenated alkanes) is 12. The van der Waals surface area contributed by atoms with Crippen LogP contribution in [0.5, 0.6) is 0 Å². The number of allylic oxidation sites excluding steroid dienone is 2. The predicted molar refractivity (Wildman–Crippen MR) is 117 cm³/mol. The minimum Gasteiger partial charge on any atom is -0.550 e. The summed E-state index contributed by atoms with van der Waals surface area (Å²) in [5.41, 5.74) is 0. The van der Waals surface area contributed by atoms with Crippen molar-refractivity contribution in [1.29, 1.82) is 0 Å². The average Bonchev–Trinajstić information content (AvgIpc) is 2.68. The van der Waals surface area contributed by atoms with Crippen LogP contribution in [0.1, 0.15) is 104 Å². The Morgan fingerprint density at radius 3 is 1.75 bits per heavy atom. The van der Waals surface area contributed by atoms with Gasteiger partial charge in [0.15, 0.2) is 0 Å². The van der Waals surface area contributed by atoms with E-state index < -0.39 is 5.97 Å². The van der Waals surface area contributed by atoms with Gasteiger partial charge in [-0.3, -0.25) is 0 Å². The van der Waals surface area contributed by atoms with E-state index in [1.165, 1.54) is 110 Å². The second-order valence-corrected chi connectivity index (χ2v) is 8.04. The Hall–Kier alpha value is -0.870. The summed E-state index contributed by atoms with van der Waals surface area (Å²) in [6.45, 7) is 9.03. The quantitative estimate of drug-likeness (QED) is 0.319. The Morgan fingerprint density at radius 2 is 1.25 bits per heavy atom. The first-order valence-corrected chi connectivity index (χ1v) is 11.9. The fourth-order valence-corrected chi connectivity index (χ4v) is 3.53. The van der Waals surface area contributed by atoms with Gasteiger partial charge in [0.1, 0.15) is 13.1 Å². The van der Waals surface area contributed by atoms with Gasteiger partial charge in [0.2, 0.25) is 0 Å². The van der Waals surface area contributed by atoms with Crippen LogP contribution in [0.25, 0.3) is 0 Å². The van der Waals surface area contributed by atoms with E-state index in [0.29, 0.717) is 0 Å². The fourth-order valence-electron chi connectivity index (χ4n) is 3.53. The topological polar surface area (TPSA) is 53.8 Å². The lowest BCUT2D eigenvalue weighted by atomic mass is 10.1. The van der Waals surface area contributed by atoms with Crippen molar-refractivity contribution in [2.75, 3.05) is 32.8 Å². The predicted octanol–water partition coefficient (Wildman–Crippen LogP) is 3.70. The molecule has 1 aliphatic heterocycles. The van der Waals surface area contributed by atoms with Crippen molar-refractivity contribution in [3.05, 3.63) is 12.2 Å². The van der Waals surface area contributed by atoms with E-state index in [1.54, 1.807) is 4.90 Å². The van der Waals surface area contributed by atoms with Crippen LogP contribution in [0.4, 0.5) is 0 Å². The maximum Gasteiger partial charge on any atom is 0.101 e. The number of hydrogen-bond donors (Lipinski definition) is 1. The van der Waals surface area contributed by atoms with Gasteiger partial charge in [-0.05, 0) is 45.4 Å². The molecule has 0 bridgehead atoms. The Labute approximate surface area is 174 Å². The molecule has 0 saturated carbocycles. The van der Waals surface area contributed by atoms with Crippen LogP contribution in [0.3, 0.4) is 0 Å². The fraction of sp³-hybridized carbons (Fsp3) is 0.875. The summed E-state index contributed by atoms with van der Waals surface area (Å²) in [4.78, 5) is 10.6. The normalized spacial score (nSPS) is 14.8. The zero-order chi connectivity index (χ0) is 20.7. The van der Waals surface area contributed by atoms with Gasteiger partial charge in [-0.1, -0.05) is 70.4 Å². The number of nitrogens with one attached hydrogen (secondary N) is 1. The van der Waals surface area contributed by atoms with Gasteiger partial charge < -0.3 is 19.5 Å². The van der Waals surface area contributed by atoms with Crippen molar-refractivity contribution in [3.63, 3.8) is 0 Å². The molecule has 0 unspecified atom stereocenters. The Morgan fingerprint density at radius 1 is 0.821 bits per heavy atom. The van der Waals surface area contributed by atoms with Crippen LogP contribution in [-0.4, -0.2) is 38.8 Å². The highest BCUT2D eigenvalue weighted by Crippen LogP contribution is 2.09. The van der Waals surface area contributed by atoms with Crippen LogP contribution in [-0.2, 0) is 9.53 Å². The van der Waals surface area contributed by atoms with Crippen molar-refractivity contribution in [2.45, 2.75) is 104 Å². The molecule has 1 rings (SSSR count). The molecule has 1 N–H and O–H groups in total. The standard InChI is InChI=1S/C22H43NO.C2H4O2/c1-2-3-4-5-6-7-8-9-10-11-12-13-14-15-16-17-18-23-19-21-24-22-20-23;1-2(3)4/h9-10H,2-8,11-22H2,1H3;1H3,(H,3,4). The molecule has 0 atom stereocenters. The molecule has 1 heterocycles. The zero-order valence-electron chi connectivity index (χ0n) is 18.8. The molecular weight excluding hydrogens is 350 g/mol.